The average Bonchev–Trinajstić information content (AvgIpc) is 2.84. The Morgan fingerprint density at radius 2 is 2.00 bits per heavy atom. The third-order valence-electron chi connectivity index (χ3n) is 3.12. The van der Waals surface area contributed by atoms with E-state index >= 15 is 0 Å². The molecular weight excluding hydrogens is 236 g/mol. The lowest BCUT2D eigenvalue weighted by Gasteiger charge is -2.20. The fourth-order valence-electron chi connectivity index (χ4n) is 2.20. The molecule has 98 valence electrons. The molecule has 3 rings (SSSR count). The van der Waals surface area contributed by atoms with Gasteiger partial charge < -0.3 is 16.0 Å². The highest BCUT2D eigenvalue weighted by molar-refractivity contribution is 6.08. The van der Waals surface area contributed by atoms with Crippen molar-refractivity contribution in [3.63, 3.8) is 0 Å². The summed E-state index contributed by atoms with van der Waals surface area (Å²) in [5, 5.41) is 5.59. The molecule has 1 aromatic carbocycles. The third-order valence-corrected chi connectivity index (χ3v) is 3.12. The molecule has 0 aliphatic heterocycles. The number of rotatable bonds is 3. The number of aromatic amines is 1. The summed E-state index contributed by atoms with van der Waals surface area (Å²) in [6.07, 6.45) is 1.94. The number of aromatic nitrogens is 2. The zero-order valence-corrected chi connectivity index (χ0v) is 11.2. The Morgan fingerprint density at radius 1 is 1.21 bits per heavy atom. The van der Waals surface area contributed by atoms with Crippen molar-refractivity contribution < 1.29 is 0 Å². The van der Waals surface area contributed by atoms with E-state index in [0.717, 1.165) is 27.6 Å². The van der Waals surface area contributed by atoms with Crippen molar-refractivity contribution in [2.75, 3.05) is 11.9 Å². The Labute approximate surface area is 112 Å². The van der Waals surface area contributed by atoms with Crippen LogP contribution < -0.4 is 11.1 Å². The smallest absolute Gasteiger partial charge is 0.136 e. The number of fused-ring (bicyclic) bond motifs is 3. The quantitative estimate of drug-likeness (QED) is 0.673. The standard InChI is InChI=1S/C15H18N4/c1-15(2,16)9-18-14-11-7-8-17-13(11)10-5-3-4-6-12(10)19-14/h3-8,17H,9,16H2,1-2H3,(H,18,19). The minimum Gasteiger partial charge on any atom is -0.368 e. The molecule has 0 spiro atoms. The van der Waals surface area contributed by atoms with Crippen LogP contribution >= 0.6 is 0 Å². The van der Waals surface area contributed by atoms with Crippen molar-refractivity contribution in [3.05, 3.63) is 36.5 Å². The topological polar surface area (TPSA) is 66.7 Å². The maximum atomic E-state index is 6.02. The molecule has 2 heterocycles. The number of nitrogens with two attached hydrogens (primary N) is 1. The third kappa shape index (κ3) is 2.27. The number of pyridine rings is 1. The molecule has 3 aromatic rings. The summed E-state index contributed by atoms with van der Waals surface area (Å²) in [7, 11) is 0. The molecule has 4 heteroatoms. The maximum Gasteiger partial charge on any atom is 0.136 e. The van der Waals surface area contributed by atoms with Gasteiger partial charge in [-0.15, -0.1) is 0 Å². The van der Waals surface area contributed by atoms with E-state index in [2.05, 4.69) is 16.4 Å². The second-order valence-electron chi connectivity index (χ2n) is 5.59. The first-order valence-corrected chi connectivity index (χ1v) is 6.43. The highest BCUT2D eigenvalue weighted by atomic mass is 15.0. The Bertz CT molecular complexity index is 722. The number of H-pyrrole nitrogens is 1. The van der Waals surface area contributed by atoms with E-state index < -0.39 is 0 Å². The summed E-state index contributed by atoms with van der Waals surface area (Å²) >= 11 is 0. The van der Waals surface area contributed by atoms with Gasteiger partial charge in [-0.2, -0.15) is 0 Å². The lowest BCUT2D eigenvalue weighted by atomic mass is 10.1. The van der Waals surface area contributed by atoms with Crippen molar-refractivity contribution in [2.45, 2.75) is 19.4 Å². The van der Waals surface area contributed by atoms with Crippen LogP contribution in [0.1, 0.15) is 13.8 Å². The number of para-hydroxylation sites is 1. The number of nitrogens with one attached hydrogen (secondary N) is 2. The van der Waals surface area contributed by atoms with Gasteiger partial charge in [0, 0.05) is 29.1 Å². The Balaban J connectivity index is 2.14. The van der Waals surface area contributed by atoms with Crippen LogP contribution in [0.5, 0.6) is 0 Å². The molecule has 0 amide bonds. The van der Waals surface area contributed by atoms with Crippen LogP contribution in [0.25, 0.3) is 21.8 Å². The Hall–Kier alpha value is -2.07. The Kier molecular flexibility index (Phi) is 2.68. The van der Waals surface area contributed by atoms with Crippen molar-refractivity contribution in [3.8, 4) is 0 Å². The number of nitrogens with zero attached hydrogens (tertiary/aromatic N) is 1. The molecule has 0 atom stereocenters. The van der Waals surface area contributed by atoms with Crippen molar-refractivity contribution in [1.29, 1.82) is 0 Å². The van der Waals surface area contributed by atoms with Crippen LogP contribution in [-0.4, -0.2) is 22.1 Å². The summed E-state index contributed by atoms with van der Waals surface area (Å²) in [4.78, 5) is 7.98. The molecule has 4 nitrogen and oxygen atoms in total. The van der Waals surface area contributed by atoms with Gasteiger partial charge in [-0.05, 0) is 26.0 Å². The monoisotopic (exact) mass is 254 g/mol. The molecule has 0 bridgehead atoms. The SMILES string of the molecule is CC(C)(N)CNc1nc2ccccc2c2[nH]ccc12. The van der Waals surface area contributed by atoms with Gasteiger partial charge in [0.25, 0.3) is 0 Å². The molecule has 2 aromatic heterocycles. The number of hydrogen-bond donors (Lipinski definition) is 3. The fraction of sp³-hybridized carbons (Fsp3) is 0.267. The predicted molar refractivity (Wildman–Crippen MR) is 80.4 cm³/mol. The van der Waals surface area contributed by atoms with Gasteiger partial charge in [0.2, 0.25) is 0 Å². The maximum absolute atomic E-state index is 6.02. The first kappa shape index (κ1) is 12.0. The first-order valence-electron chi connectivity index (χ1n) is 6.43. The lowest BCUT2D eigenvalue weighted by molar-refractivity contribution is 0.549. The summed E-state index contributed by atoms with van der Waals surface area (Å²) in [5.74, 6) is 0.883. The lowest BCUT2D eigenvalue weighted by Crippen LogP contribution is -2.39. The van der Waals surface area contributed by atoms with E-state index in [0.29, 0.717) is 6.54 Å². The van der Waals surface area contributed by atoms with Crippen LogP contribution in [0.2, 0.25) is 0 Å². The summed E-state index contributed by atoms with van der Waals surface area (Å²) < 4.78 is 0. The molecule has 0 saturated heterocycles. The van der Waals surface area contributed by atoms with Gasteiger partial charge in [-0.1, -0.05) is 18.2 Å². The van der Waals surface area contributed by atoms with Gasteiger partial charge in [0.05, 0.1) is 11.0 Å². The predicted octanol–water partition coefficient (Wildman–Crippen LogP) is 2.87. The second kappa shape index (κ2) is 4.24. The fourth-order valence-corrected chi connectivity index (χ4v) is 2.20. The minimum absolute atomic E-state index is 0.268. The highest BCUT2D eigenvalue weighted by Crippen LogP contribution is 2.28. The van der Waals surface area contributed by atoms with E-state index in [1.54, 1.807) is 0 Å². The zero-order chi connectivity index (χ0) is 13.5. The number of anilines is 1. The van der Waals surface area contributed by atoms with E-state index in [1.165, 1.54) is 0 Å². The van der Waals surface area contributed by atoms with Crippen molar-refractivity contribution >= 4 is 27.6 Å². The van der Waals surface area contributed by atoms with Crippen molar-refractivity contribution in [1.82, 2.24) is 9.97 Å². The van der Waals surface area contributed by atoms with Gasteiger partial charge in [-0.25, -0.2) is 4.98 Å². The normalized spacial score (nSPS) is 12.2. The van der Waals surface area contributed by atoms with Gasteiger partial charge in [-0.3, -0.25) is 0 Å². The first-order chi connectivity index (χ1) is 9.04. The van der Waals surface area contributed by atoms with Crippen LogP contribution in [0.4, 0.5) is 5.82 Å². The molecule has 4 N–H and O–H groups in total. The zero-order valence-electron chi connectivity index (χ0n) is 11.2. The van der Waals surface area contributed by atoms with Gasteiger partial charge in [0.15, 0.2) is 0 Å². The summed E-state index contributed by atoms with van der Waals surface area (Å²) in [5.41, 5.74) is 7.84. The minimum atomic E-state index is -0.268. The van der Waals surface area contributed by atoms with E-state index in [9.17, 15) is 0 Å². The molecular formula is C15H18N4. The average molecular weight is 254 g/mol. The Morgan fingerprint density at radius 3 is 2.79 bits per heavy atom. The van der Waals surface area contributed by atoms with Gasteiger partial charge in [0.1, 0.15) is 5.82 Å². The van der Waals surface area contributed by atoms with Gasteiger partial charge >= 0.3 is 0 Å². The van der Waals surface area contributed by atoms with E-state index in [1.807, 2.05) is 44.3 Å². The van der Waals surface area contributed by atoms with E-state index in [-0.39, 0.29) is 5.54 Å². The molecule has 0 radical (unpaired) electrons. The number of benzene rings is 1. The van der Waals surface area contributed by atoms with Crippen LogP contribution in [0, 0.1) is 0 Å². The largest absolute Gasteiger partial charge is 0.368 e. The molecule has 0 aliphatic carbocycles. The highest BCUT2D eigenvalue weighted by Gasteiger charge is 2.13. The summed E-state index contributed by atoms with van der Waals surface area (Å²) in [6, 6.07) is 10.2. The molecule has 0 fully saturated rings. The molecule has 0 aliphatic rings. The molecule has 0 saturated carbocycles. The van der Waals surface area contributed by atoms with Crippen LogP contribution in [-0.2, 0) is 0 Å². The molecule has 19 heavy (non-hydrogen) atoms. The van der Waals surface area contributed by atoms with Crippen LogP contribution in [0.3, 0.4) is 0 Å². The van der Waals surface area contributed by atoms with E-state index in [4.69, 9.17) is 10.7 Å². The molecule has 0 unspecified atom stereocenters. The van der Waals surface area contributed by atoms with Crippen molar-refractivity contribution in [2.24, 2.45) is 5.73 Å². The summed E-state index contributed by atoms with van der Waals surface area (Å²) in [6.45, 7) is 4.67. The number of hydrogen-bond acceptors (Lipinski definition) is 3. The van der Waals surface area contributed by atoms with Crippen LogP contribution in [0.15, 0.2) is 36.5 Å². The second-order valence-corrected chi connectivity index (χ2v) is 5.59.